The average molecular weight is 703 g/mol. The van der Waals surface area contributed by atoms with Crippen LogP contribution in [0, 0.1) is 0 Å². The molecule has 4 heteroatoms. The molecule has 11 rings (SSSR count). The second-order valence-corrected chi connectivity index (χ2v) is 14.5. The third-order valence-electron chi connectivity index (χ3n) is 11.5. The van der Waals surface area contributed by atoms with Crippen LogP contribution >= 0.6 is 0 Å². The molecule has 0 fully saturated rings. The van der Waals surface area contributed by atoms with E-state index >= 15 is 0 Å². The maximum absolute atomic E-state index is 5.57. The van der Waals surface area contributed by atoms with Crippen LogP contribution in [0.5, 0.6) is 0 Å². The summed E-state index contributed by atoms with van der Waals surface area (Å²) < 4.78 is 2.22. The van der Waals surface area contributed by atoms with Crippen molar-refractivity contribution < 1.29 is 0 Å². The number of rotatable bonds is 5. The van der Waals surface area contributed by atoms with Crippen molar-refractivity contribution >= 4 is 54.9 Å². The molecule has 8 aromatic carbocycles. The monoisotopic (exact) mass is 702 g/mol. The highest BCUT2D eigenvalue weighted by Gasteiger charge is 2.42. The van der Waals surface area contributed by atoms with Gasteiger partial charge in [0.2, 0.25) is 5.95 Å². The Balaban J connectivity index is 1.13. The lowest BCUT2D eigenvalue weighted by molar-refractivity contribution is 0.794. The highest BCUT2D eigenvalue weighted by Crippen LogP contribution is 2.51. The van der Waals surface area contributed by atoms with Gasteiger partial charge in [-0.05, 0) is 63.7 Å². The second kappa shape index (κ2) is 12.2. The van der Waals surface area contributed by atoms with Gasteiger partial charge in [0.05, 0.1) is 39.1 Å². The normalized spacial score (nSPS) is 15.2. The molecule has 1 unspecified atom stereocenters. The molecule has 1 aliphatic heterocycles. The first-order valence-electron chi connectivity index (χ1n) is 18.8. The van der Waals surface area contributed by atoms with E-state index in [1.54, 1.807) is 0 Å². The van der Waals surface area contributed by atoms with Crippen LogP contribution in [-0.4, -0.2) is 20.2 Å². The van der Waals surface area contributed by atoms with Crippen molar-refractivity contribution in [3.8, 4) is 28.3 Å². The lowest BCUT2D eigenvalue weighted by Crippen LogP contribution is -2.31. The van der Waals surface area contributed by atoms with Gasteiger partial charge in [0, 0.05) is 21.7 Å². The number of para-hydroxylation sites is 2. The van der Waals surface area contributed by atoms with Crippen LogP contribution in [-0.2, 0) is 5.41 Å². The Morgan fingerprint density at radius 3 is 1.95 bits per heavy atom. The molecule has 1 aliphatic rings. The number of aromatic nitrogens is 3. The van der Waals surface area contributed by atoms with Gasteiger partial charge in [0.15, 0.2) is 0 Å². The van der Waals surface area contributed by atoms with E-state index in [1.165, 1.54) is 33.0 Å². The average Bonchev–Trinajstić information content (AvgIpc) is 3.76. The second-order valence-electron chi connectivity index (χ2n) is 14.5. The molecule has 1 atom stereocenters. The van der Waals surface area contributed by atoms with Gasteiger partial charge in [0.25, 0.3) is 0 Å². The standard InChI is InChI=1S/C51H34N4/c1-51(37-19-6-3-7-20-37)42-31-32-45-46(48(42)53-49(51)36-16-4-2-5-17-36)41-23-11-13-26-44(41)55(45)50-52-43-25-12-10-22-40(43)47(54-50)35-29-27-34(28-30-35)39-24-14-18-33-15-8-9-21-38(33)39/h2-32H,1H3. The summed E-state index contributed by atoms with van der Waals surface area (Å²) in [6.07, 6.45) is 0. The SMILES string of the molecule is CC1(c2ccccc2)C(c2ccccc2)=Nc2c1ccc1c2c2ccccc2n1-c1nc(-c2ccc(-c3cccc4ccccc34)cc2)c2ccccc2n1. The van der Waals surface area contributed by atoms with Crippen LogP contribution in [0.1, 0.15) is 23.6 Å². The fourth-order valence-corrected chi connectivity index (χ4v) is 8.81. The summed E-state index contributed by atoms with van der Waals surface area (Å²) in [5.74, 6) is 0.633. The minimum absolute atomic E-state index is 0.444. The summed E-state index contributed by atoms with van der Waals surface area (Å²) in [4.78, 5) is 16.2. The largest absolute Gasteiger partial charge is 0.278 e. The van der Waals surface area contributed by atoms with Crippen LogP contribution in [0.3, 0.4) is 0 Å². The van der Waals surface area contributed by atoms with E-state index in [0.29, 0.717) is 5.95 Å². The van der Waals surface area contributed by atoms with Gasteiger partial charge in [0.1, 0.15) is 0 Å². The summed E-state index contributed by atoms with van der Waals surface area (Å²) in [6.45, 7) is 2.31. The van der Waals surface area contributed by atoms with Crippen LogP contribution in [0.4, 0.5) is 5.69 Å². The third kappa shape index (κ3) is 4.75. The fraction of sp³-hybridized carbons (Fsp3) is 0.0392. The molecule has 0 N–H and O–H groups in total. The lowest BCUT2D eigenvalue weighted by Gasteiger charge is -2.29. The quantitative estimate of drug-likeness (QED) is 0.179. The smallest absolute Gasteiger partial charge is 0.235 e. The Labute approximate surface area is 318 Å². The van der Waals surface area contributed by atoms with Gasteiger partial charge in [-0.25, -0.2) is 9.97 Å². The molecule has 0 saturated heterocycles. The molecule has 0 amide bonds. The van der Waals surface area contributed by atoms with Gasteiger partial charge in [-0.15, -0.1) is 0 Å². The first kappa shape index (κ1) is 31.4. The summed E-state index contributed by atoms with van der Waals surface area (Å²) in [5.41, 5.74) is 12.4. The molecular weight excluding hydrogens is 669 g/mol. The molecule has 0 radical (unpaired) electrons. The lowest BCUT2D eigenvalue weighted by atomic mass is 9.71. The number of hydrogen-bond donors (Lipinski definition) is 0. The molecule has 3 heterocycles. The molecule has 4 nitrogen and oxygen atoms in total. The van der Waals surface area contributed by atoms with Crippen molar-refractivity contribution in [3.63, 3.8) is 0 Å². The van der Waals surface area contributed by atoms with Crippen molar-refractivity contribution in [1.29, 1.82) is 0 Å². The van der Waals surface area contributed by atoms with E-state index in [1.807, 2.05) is 0 Å². The molecule has 0 saturated carbocycles. The van der Waals surface area contributed by atoms with Crippen LogP contribution < -0.4 is 0 Å². The van der Waals surface area contributed by atoms with Crippen molar-refractivity contribution in [3.05, 3.63) is 205 Å². The van der Waals surface area contributed by atoms with Gasteiger partial charge in [-0.1, -0.05) is 170 Å². The zero-order valence-electron chi connectivity index (χ0n) is 30.2. The van der Waals surface area contributed by atoms with Crippen molar-refractivity contribution in [2.75, 3.05) is 0 Å². The summed E-state index contributed by atoms with van der Waals surface area (Å²) >= 11 is 0. The maximum atomic E-state index is 5.57. The summed E-state index contributed by atoms with van der Waals surface area (Å²) in [7, 11) is 0. The first-order chi connectivity index (χ1) is 27.2. The van der Waals surface area contributed by atoms with E-state index in [4.69, 9.17) is 15.0 Å². The predicted octanol–water partition coefficient (Wildman–Crippen LogP) is 12.7. The number of aliphatic imine (C=N–C) groups is 1. The van der Waals surface area contributed by atoms with E-state index < -0.39 is 5.41 Å². The van der Waals surface area contributed by atoms with Crippen molar-refractivity contribution in [1.82, 2.24) is 14.5 Å². The van der Waals surface area contributed by atoms with Crippen molar-refractivity contribution in [2.45, 2.75) is 12.3 Å². The van der Waals surface area contributed by atoms with E-state index in [2.05, 4.69) is 200 Å². The molecule has 0 bridgehead atoms. The number of benzene rings is 8. The molecular formula is C51H34N4. The summed E-state index contributed by atoms with van der Waals surface area (Å²) in [5, 5.41) is 5.73. The highest BCUT2D eigenvalue weighted by atomic mass is 15.2. The molecule has 10 aromatic rings. The predicted molar refractivity (Wildman–Crippen MR) is 228 cm³/mol. The van der Waals surface area contributed by atoms with E-state index in [0.717, 1.165) is 60.9 Å². The van der Waals surface area contributed by atoms with Gasteiger partial charge < -0.3 is 0 Å². The molecule has 0 aliphatic carbocycles. The van der Waals surface area contributed by atoms with Gasteiger partial charge in [-0.2, -0.15) is 0 Å². The van der Waals surface area contributed by atoms with Crippen molar-refractivity contribution in [2.24, 2.45) is 4.99 Å². The molecule has 258 valence electrons. The van der Waals surface area contributed by atoms with Crippen LogP contribution in [0.15, 0.2) is 193 Å². The van der Waals surface area contributed by atoms with Crippen LogP contribution in [0.2, 0.25) is 0 Å². The minimum Gasteiger partial charge on any atom is -0.278 e. The number of fused-ring (bicyclic) bond motifs is 7. The Morgan fingerprint density at radius 1 is 0.473 bits per heavy atom. The zero-order chi connectivity index (χ0) is 36.5. The molecule has 0 spiro atoms. The molecule has 2 aromatic heterocycles. The van der Waals surface area contributed by atoms with Crippen LogP contribution in [0.25, 0.3) is 71.8 Å². The van der Waals surface area contributed by atoms with Gasteiger partial charge in [-0.3, -0.25) is 9.56 Å². The Kier molecular flexibility index (Phi) is 6.95. The highest BCUT2D eigenvalue weighted by molar-refractivity contribution is 6.22. The van der Waals surface area contributed by atoms with Gasteiger partial charge >= 0.3 is 0 Å². The molecule has 55 heavy (non-hydrogen) atoms. The fourth-order valence-electron chi connectivity index (χ4n) is 8.81. The zero-order valence-corrected chi connectivity index (χ0v) is 30.2. The first-order valence-corrected chi connectivity index (χ1v) is 18.8. The Bertz CT molecular complexity index is 3140. The minimum atomic E-state index is -0.444. The topological polar surface area (TPSA) is 43.1 Å². The van der Waals surface area contributed by atoms with E-state index in [-0.39, 0.29) is 0 Å². The Morgan fingerprint density at radius 2 is 1.13 bits per heavy atom. The third-order valence-corrected chi connectivity index (χ3v) is 11.5. The number of nitrogens with zero attached hydrogens (tertiary/aromatic N) is 4. The number of hydrogen-bond acceptors (Lipinski definition) is 3. The summed E-state index contributed by atoms with van der Waals surface area (Å²) in [6, 6.07) is 66.7. The maximum Gasteiger partial charge on any atom is 0.235 e. The van der Waals surface area contributed by atoms with E-state index in [9.17, 15) is 0 Å². The Hall–Kier alpha value is -7.17.